The first-order valence-corrected chi connectivity index (χ1v) is 14.2. The number of fused-ring (bicyclic) bond motifs is 1. The molecule has 0 saturated heterocycles. The van der Waals surface area contributed by atoms with Gasteiger partial charge in [0.15, 0.2) is 0 Å². The van der Waals surface area contributed by atoms with Crippen molar-refractivity contribution in [3.8, 4) is 5.75 Å². The largest absolute Gasteiger partial charge is 0.492 e. The van der Waals surface area contributed by atoms with Crippen molar-refractivity contribution in [2.45, 2.75) is 70.2 Å². The third kappa shape index (κ3) is 8.64. The van der Waals surface area contributed by atoms with Crippen LogP contribution in [0.1, 0.15) is 45.1 Å². The number of amides is 3. The number of para-hydroxylation sites is 1. The zero-order valence-electron chi connectivity index (χ0n) is 23.8. The molecule has 0 spiro atoms. The molecule has 1 aromatic rings. The number of benzene rings is 1. The van der Waals surface area contributed by atoms with Gasteiger partial charge in [-0.3, -0.25) is 14.4 Å². The highest BCUT2D eigenvalue weighted by atomic mass is 16.5. The van der Waals surface area contributed by atoms with Crippen LogP contribution in [0, 0.1) is 5.92 Å². The first-order valence-electron chi connectivity index (χ1n) is 14.2. The highest BCUT2D eigenvalue weighted by Crippen LogP contribution is 2.20. The second kappa shape index (κ2) is 15.5. The summed E-state index contributed by atoms with van der Waals surface area (Å²) in [5.74, 6) is -0.555. The maximum absolute atomic E-state index is 13.6. The maximum atomic E-state index is 13.6. The Bertz CT molecular complexity index is 1070. The summed E-state index contributed by atoms with van der Waals surface area (Å²) in [7, 11) is 1.49. The highest BCUT2D eigenvalue weighted by Gasteiger charge is 2.34. The SMILES string of the molecule is CCC(C)[C@@H]1NCCOc2ccccc2CCCNC(=O)[C@@H](CC2=CCC(O)C=C2)NC(=O)[C@H](CO)N(C)C1=O. The van der Waals surface area contributed by atoms with Crippen molar-refractivity contribution in [2.24, 2.45) is 5.92 Å². The number of hydrogen-bond donors (Lipinski definition) is 5. The molecule has 0 radical (unpaired) electrons. The molecule has 0 aromatic heterocycles. The summed E-state index contributed by atoms with van der Waals surface area (Å²) in [6.07, 6.45) is 7.41. The van der Waals surface area contributed by atoms with Crippen molar-refractivity contribution < 1.29 is 29.3 Å². The smallest absolute Gasteiger partial charge is 0.245 e. The van der Waals surface area contributed by atoms with Gasteiger partial charge in [-0.25, -0.2) is 0 Å². The quantitative estimate of drug-likeness (QED) is 0.366. The van der Waals surface area contributed by atoms with Crippen LogP contribution in [0.15, 0.2) is 48.1 Å². The van der Waals surface area contributed by atoms with E-state index in [0.717, 1.165) is 23.3 Å². The molecule has 1 aliphatic carbocycles. The molecule has 0 saturated carbocycles. The molecule has 10 nitrogen and oxygen atoms in total. The molecule has 5 atom stereocenters. The first-order chi connectivity index (χ1) is 19.2. The molecule has 5 N–H and O–H groups in total. The molecule has 1 aliphatic heterocycles. The Hall–Kier alpha value is -3.21. The van der Waals surface area contributed by atoms with Gasteiger partial charge in [-0.1, -0.05) is 56.7 Å². The summed E-state index contributed by atoms with van der Waals surface area (Å²) >= 11 is 0. The number of nitrogens with zero attached hydrogens (tertiary/aromatic N) is 1. The van der Waals surface area contributed by atoms with E-state index in [-0.39, 0.29) is 24.2 Å². The summed E-state index contributed by atoms with van der Waals surface area (Å²) in [4.78, 5) is 41.4. The maximum Gasteiger partial charge on any atom is 0.245 e. The predicted molar refractivity (Wildman–Crippen MR) is 153 cm³/mol. The van der Waals surface area contributed by atoms with Gasteiger partial charge in [-0.05, 0) is 42.4 Å². The number of allylic oxidation sites excluding steroid dienone is 1. The van der Waals surface area contributed by atoms with Crippen LogP contribution < -0.4 is 20.7 Å². The van der Waals surface area contributed by atoms with E-state index in [2.05, 4.69) is 16.0 Å². The predicted octanol–water partition coefficient (Wildman–Crippen LogP) is 1.07. The van der Waals surface area contributed by atoms with Gasteiger partial charge in [0, 0.05) is 26.6 Å². The topological polar surface area (TPSA) is 140 Å². The second-order valence-corrected chi connectivity index (χ2v) is 10.5. The summed E-state index contributed by atoms with van der Waals surface area (Å²) in [5.41, 5.74) is 1.84. The number of aryl methyl sites for hydroxylation is 1. The van der Waals surface area contributed by atoms with Crippen molar-refractivity contribution in [1.82, 2.24) is 20.9 Å². The zero-order valence-corrected chi connectivity index (χ0v) is 23.8. The van der Waals surface area contributed by atoms with Crippen LogP contribution in [0.5, 0.6) is 5.75 Å². The molecule has 1 aromatic carbocycles. The van der Waals surface area contributed by atoms with Crippen LogP contribution in [-0.2, 0) is 20.8 Å². The zero-order chi connectivity index (χ0) is 29.1. The molecule has 10 heteroatoms. The molecule has 2 aliphatic rings. The second-order valence-electron chi connectivity index (χ2n) is 10.5. The molecule has 3 rings (SSSR count). The Morgan fingerprint density at radius 1 is 1.15 bits per heavy atom. The number of aliphatic hydroxyl groups excluding tert-OH is 2. The van der Waals surface area contributed by atoms with Crippen molar-refractivity contribution in [3.05, 3.63) is 53.6 Å². The standard InChI is InChI=1S/C30H44N4O6/c1-4-20(2)27-30(39)34(3)25(19-35)29(38)33-24(18-21-11-13-23(36)14-12-21)28(37)32-15-7-9-22-8-5-6-10-26(22)40-17-16-31-27/h5-6,8,10-13,20,23-25,27,31,35-36H,4,7,9,14-19H2,1-3H3,(H,32,37)(H,33,38)/t20?,23?,24-,25+,27+/m1/s1. The third-order valence-electron chi connectivity index (χ3n) is 7.62. The van der Waals surface area contributed by atoms with E-state index < -0.39 is 36.7 Å². The van der Waals surface area contributed by atoms with Crippen LogP contribution in [0.25, 0.3) is 0 Å². The van der Waals surface area contributed by atoms with E-state index in [0.29, 0.717) is 39.0 Å². The molecule has 40 heavy (non-hydrogen) atoms. The lowest BCUT2D eigenvalue weighted by Crippen LogP contribution is -2.59. The van der Waals surface area contributed by atoms with E-state index in [1.165, 1.54) is 11.9 Å². The van der Waals surface area contributed by atoms with E-state index in [1.807, 2.05) is 44.2 Å². The summed E-state index contributed by atoms with van der Waals surface area (Å²) in [5, 5.41) is 28.9. The van der Waals surface area contributed by atoms with Gasteiger partial charge in [0.05, 0.1) is 18.8 Å². The van der Waals surface area contributed by atoms with Crippen molar-refractivity contribution in [1.29, 1.82) is 0 Å². The molecule has 2 unspecified atom stereocenters. The highest BCUT2D eigenvalue weighted by molar-refractivity contribution is 5.93. The molecule has 0 bridgehead atoms. The first kappa shape index (κ1) is 31.3. The van der Waals surface area contributed by atoms with Gasteiger partial charge in [0.25, 0.3) is 0 Å². The number of nitrogens with one attached hydrogen (secondary N) is 3. The number of carbonyl (C=O) groups is 3. The Morgan fingerprint density at radius 2 is 1.93 bits per heavy atom. The summed E-state index contributed by atoms with van der Waals surface area (Å²) in [6.45, 7) is 4.53. The molecule has 3 amide bonds. The monoisotopic (exact) mass is 556 g/mol. The number of likely N-dealkylation sites (N-methyl/N-ethyl adjacent to an activating group) is 1. The van der Waals surface area contributed by atoms with Crippen LogP contribution in [0.2, 0.25) is 0 Å². The number of carbonyl (C=O) groups excluding carboxylic acids is 3. The number of hydrogen-bond acceptors (Lipinski definition) is 7. The van der Waals surface area contributed by atoms with Crippen molar-refractivity contribution in [2.75, 3.05) is 33.4 Å². The minimum absolute atomic E-state index is 0.0332. The fourth-order valence-corrected chi connectivity index (χ4v) is 4.88. The Kier molecular flexibility index (Phi) is 12.2. The fraction of sp³-hybridized carbons (Fsp3) is 0.567. The lowest BCUT2D eigenvalue weighted by molar-refractivity contribution is -0.143. The molecular formula is C30H44N4O6. The normalized spacial score (nSPS) is 26.4. The Balaban J connectivity index is 1.87. The average Bonchev–Trinajstić information content (AvgIpc) is 2.95. The fourth-order valence-electron chi connectivity index (χ4n) is 4.88. The van der Waals surface area contributed by atoms with Gasteiger partial charge in [0.2, 0.25) is 17.7 Å². The molecule has 0 fully saturated rings. The van der Waals surface area contributed by atoms with Crippen molar-refractivity contribution >= 4 is 17.7 Å². The summed E-state index contributed by atoms with van der Waals surface area (Å²) in [6, 6.07) is 5.09. The van der Waals surface area contributed by atoms with Crippen LogP contribution in [-0.4, -0.2) is 90.4 Å². The van der Waals surface area contributed by atoms with Gasteiger partial charge >= 0.3 is 0 Å². The van der Waals surface area contributed by atoms with Crippen LogP contribution in [0.4, 0.5) is 0 Å². The van der Waals surface area contributed by atoms with E-state index in [1.54, 1.807) is 12.2 Å². The minimum atomic E-state index is -1.17. The van der Waals surface area contributed by atoms with Crippen molar-refractivity contribution in [3.63, 3.8) is 0 Å². The molecular weight excluding hydrogens is 512 g/mol. The molecule has 220 valence electrons. The molecule has 1 heterocycles. The lowest BCUT2D eigenvalue weighted by atomic mass is 9.97. The van der Waals surface area contributed by atoms with Gasteiger partial charge in [-0.2, -0.15) is 0 Å². The van der Waals surface area contributed by atoms with E-state index in [4.69, 9.17) is 4.74 Å². The summed E-state index contributed by atoms with van der Waals surface area (Å²) < 4.78 is 6.04. The van der Waals surface area contributed by atoms with E-state index in [9.17, 15) is 24.6 Å². The third-order valence-corrected chi connectivity index (χ3v) is 7.62. The number of rotatable bonds is 5. The van der Waals surface area contributed by atoms with Gasteiger partial charge < -0.3 is 35.8 Å². The number of ether oxygens (including phenoxy) is 1. The van der Waals surface area contributed by atoms with Crippen LogP contribution >= 0.6 is 0 Å². The van der Waals surface area contributed by atoms with Gasteiger partial charge in [0.1, 0.15) is 24.4 Å². The lowest BCUT2D eigenvalue weighted by Gasteiger charge is -2.33. The Morgan fingerprint density at radius 3 is 2.62 bits per heavy atom. The minimum Gasteiger partial charge on any atom is -0.492 e. The Labute approximate surface area is 236 Å². The number of aliphatic hydroxyl groups is 2. The van der Waals surface area contributed by atoms with Gasteiger partial charge in [-0.15, -0.1) is 0 Å². The van der Waals surface area contributed by atoms with E-state index >= 15 is 0 Å². The average molecular weight is 557 g/mol. The van der Waals surface area contributed by atoms with Crippen LogP contribution in [0.3, 0.4) is 0 Å².